The number of hydrogen-bond donors (Lipinski definition) is 2. The smallest absolute Gasteiger partial charge is 0.259 e. The van der Waals surface area contributed by atoms with E-state index in [1.54, 1.807) is 24.3 Å². The van der Waals surface area contributed by atoms with Crippen molar-refractivity contribution in [3.63, 3.8) is 0 Å². The Morgan fingerprint density at radius 2 is 1.82 bits per heavy atom. The van der Waals surface area contributed by atoms with Gasteiger partial charge < -0.3 is 14.6 Å². The second-order valence-corrected chi connectivity index (χ2v) is 8.40. The highest BCUT2D eigenvalue weighted by molar-refractivity contribution is 6.36. The van der Waals surface area contributed by atoms with E-state index >= 15 is 0 Å². The van der Waals surface area contributed by atoms with Crippen LogP contribution in [-0.2, 0) is 7.05 Å². The van der Waals surface area contributed by atoms with E-state index < -0.39 is 17.6 Å². The summed E-state index contributed by atoms with van der Waals surface area (Å²) >= 11 is 6.43. The van der Waals surface area contributed by atoms with E-state index in [0.29, 0.717) is 44.6 Å². The van der Waals surface area contributed by atoms with E-state index in [0.717, 1.165) is 13.0 Å². The lowest BCUT2D eigenvalue weighted by atomic mass is 9.93. The number of benzene rings is 3. The molecule has 33 heavy (non-hydrogen) atoms. The lowest BCUT2D eigenvalue weighted by Gasteiger charge is -2.10. The maximum absolute atomic E-state index is 15.0. The fourth-order valence-corrected chi connectivity index (χ4v) is 4.72. The minimum Gasteiger partial charge on any atom is -0.490 e. The topological polar surface area (TPSA) is 72.4 Å². The van der Waals surface area contributed by atoms with Gasteiger partial charge >= 0.3 is 0 Å². The van der Waals surface area contributed by atoms with Gasteiger partial charge in [0.15, 0.2) is 11.6 Å². The first-order chi connectivity index (χ1) is 15.9. The Morgan fingerprint density at radius 3 is 2.58 bits per heavy atom. The summed E-state index contributed by atoms with van der Waals surface area (Å²) in [7, 11) is 3.68. The first kappa shape index (κ1) is 21.4. The maximum Gasteiger partial charge on any atom is 0.259 e. The molecule has 5 rings (SSSR count). The van der Waals surface area contributed by atoms with Crippen LogP contribution < -0.4 is 15.4 Å². The molecule has 0 saturated heterocycles. The molecule has 0 aliphatic carbocycles. The number of imide groups is 1. The van der Waals surface area contributed by atoms with Gasteiger partial charge in [-0.05, 0) is 43.8 Å². The van der Waals surface area contributed by atoms with Crippen LogP contribution in [0.4, 0.5) is 4.39 Å². The van der Waals surface area contributed by atoms with Gasteiger partial charge in [0.1, 0.15) is 0 Å². The molecular formula is C25H21ClFN3O3. The van der Waals surface area contributed by atoms with Crippen LogP contribution in [0.25, 0.3) is 32.9 Å². The predicted octanol–water partition coefficient (Wildman–Crippen LogP) is 4.66. The molecule has 6 nitrogen and oxygen atoms in total. The molecule has 1 aromatic heterocycles. The zero-order chi connectivity index (χ0) is 23.3. The van der Waals surface area contributed by atoms with Crippen LogP contribution in [0.1, 0.15) is 27.1 Å². The highest BCUT2D eigenvalue weighted by atomic mass is 35.5. The van der Waals surface area contributed by atoms with Gasteiger partial charge in [-0.15, -0.1) is 0 Å². The zero-order valence-corrected chi connectivity index (χ0v) is 18.8. The van der Waals surface area contributed by atoms with Crippen LogP contribution in [0.15, 0.2) is 42.5 Å². The third kappa shape index (κ3) is 3.35. The number of ether oxygens (including phenoxy) is 1. The molecular weight excluding hydrogens is 445 g/mol. The van der Waals surface area contributed by atoms with Gasteiger partial charge in [-0.2, -0.15) is 0 Å². The minimum absolute atomic E-state index is 0.146. The predicted molar refractivity (Wildman–Crippen MR) is 127 cm³/mol. The fourth-order valence-electron chi connectivity index (χ4n) is 4.48. The second-order valence-electron chi connectivity index (χ2n) is 8.00. The molecule has 0 atom stereocenters. The summed E-state index contributed by atoms with van der Waals surface area (Å²) in [6.07, 6.45) is 0.736. The third-order valence-corrected chi connectivity index (χ3v) is 6.35. The molecule has 1 aliphatic heterocycles. The van der Waals surface area contributed by atoms with Gasteiger partial charge in [0.05, 0.1) is 28.8 Å². The number of hydrogen-bond acceptors (Lipinski definition) is 4. The van der Waals surface area contributed by atoms with Gasteiger partial charge in [0.25, 0.3) is 11.8 Å². The number of aryl methyl sites for hydroxylation is 1. The van der Waals surface area contributed by atoms with Crippen molar-refractivity contribution in [1.29, 1.82) is 0 Å². The first-order valence-corrected chi connectivity index (χ1v) is 11.0. The molecule has 0 spiro atoms. The van der Waals surface area contributed by atoms with Crippen LogP contribution >= 0.6 is 11.6 Å². The van der Waals surface area contributed by atoms with Gasteiger partial charge in [0, 0.05) is 34.5 Å². The summed E-state index contributed by atoms with van der Waals surface area (Å²) in [6.45, 7) is 1.13. The molecule has 0 fully saturated rings. The Kier molecular flexibility index (Phi) is 5.31. The van der Waals surface area contributed by atoms with Crippen molar-refractivity contribution in [2.75, 3.05) is 20.2 Å². The van der Waals surface area contributed by atoms with E-state index in [4.69, 9.17) is 16.3 Å². The monoisotopic (exact) mass is 465 g/mol. The number of halogens is 2. The third-order valence-electron chi connectivity index (χ3n) is 6.02. The van der Waals surface area contributed by atoms with Crippen LogP contribution in [0.5, 0.6) is 5.75 Å². The van der Waals surface area contributed by atoms with Crippen molar-refractivity contribution < 1.29 is 18.7 Å². The average molecular weight is 466 g/mol. The highest BCUT2D eigenvalue weighted by Gasteiger charge is 2.34. The van der Waals surface area contributed by atoms with E-state index in [2.05, 4.69) is 10.6 Å². The van der Waals surface area contributed by atoms with Gasteiger partial charge in [-0.3, -0.25) is 14.9 Å². The van der Waals surface area contributed by atoms with E-state index in [9.17, 15) is 14.0 Å². The Balaban J connectivity index is 1.79. The standard InChI is InChI=1S/C25H21ClFN3O3/c1-28-8-5-9-33-20-12-18-15(10-17(20)27)21-19(30(18)2)11-14(13-6-3-4-7-16(13)26)22-23(21)25(32)29-24(22)31/h3-4,6-7,10-12,28H,5,8-9H2,1-2H3,(H,29,31,32). The molecule has 0 bridgehead atoms. The quantitative estimate of drug-likeness (QED) is 0.321. The van der Waals surface area contributed by atoms with E-state index in [1.807, 2.05) is 30.8 Å². The van der Waals surface area contributed by atoms with Crippen LogP contribution in [0, 0.1) is 5.82 Å². The SMILES string of the molecule is CNCCCOc1cc2c(cc1F)c1c3c(c(-c4ccccc4Cl)cc1n2C)C(=O)NC3=O. The molecule has 1 aliphatic rings. The number of carbonyl (C=O) groups excluding carboxylic acids is 2. The normalized spacial score (nSPS) is 13.1. The summed E-state index contributed by atoms with van der Waals surface area (Å²) < 4.78 is 22.5. The van der Waals surface area contributed by atoms with E-state index in [-0.39, 0.29) is 16.9 Å². The molecule has 168 valence electrons. The summed E-state index contributed by atoms with van der Waals surface area (Å²) in [6, 6.07) is 12.0. The molecule has 3 aromatic carbocycles. The highest BCUT2D eigenvalue weighted by Crippen LogP contribution is 2.42. The molecule has 0 saturated carbocycles. The van der Waals surface area contributed by atoms with Crippen molar-refractivity contribution in [1.82, 2.24) is 15.2 Å². The Hall–Kier alpha value is -3.42. The Labute approximate surface area is 194 Å². The van der Waals surface area contributed by atoms with Crippen LogP contribution in [0.2, 0.25) is 5.02 Å². The van der Waals surface area contributed by atoms with Gasteiger partial charge in [-0.1, -0.05) is 29.8 Å². The Bertz CT molecular complexity index is 1460. The second kappa shape index (κ2) is 8.17. The lowest BCUT2D eigenvalue weighted by Crippen LogP contribution is -2.20. The largest absolute Gasteiger partial charge is 0.490 e. The van der Waals surface area contributed by atoms with Crippen molar-refractivity contribution in [2.24, 2.45) is 7.05 Å². The van der Waals surface area contributed by atoms with Crippen LogP contribution in [-0.4, -0.2) is 36.6 Å². The summed E-state index contributed by atoms with van der Waals surface area (Å²) in [4.78, 5) is 25.6. The summed E-state index contributed by atoms with van der Waals surface area (Å²) in [5.41, 5.74) is 3.07. The molecule has 0 radical (unpaired) electrons. The molecule has 8 heteroatoms. The number of aromatic nitrogens is 1. The first-order valence-electron chi connectivity index (χ1n) is 10.6. The van der Waals surface area contributed by atoms with Gasteiger partial charge in [-0.25, -0.2) is 4.39 Å². The fraction of sp³-hybridized carbons (Fsp3) is 0.200. The van der Waals surface area contributed by atoms with Crippen molar-refractivity contribution >= 4 is 45.2 Å². The van der Waals surface area contributed by atoms with E-state index in [1.165, 1.54) is 6.07 Å². The molecule has 2 N–H and O–H groups in total. The molecule has 4 aromatic rings. The summed E-state index contributed by atoms with van der Waals surface area (Å²) in [5, 5.41) is 6.95. The molecule has 0 unspecified atom stereocenters. The molecule has 2 heterocycles. The maximum atomic E-state index is 15.0. The van der Waals surface area contributed by atoms with Gasteiger partial charge in [0.2, 0.25) is 0 Å². The molecule has 2 amide bonds. The number of fused-ring (bicyclic) bond motifs is 5. The minimum atomic E-state index is -0.520. The summed E-state index contributed by atoms with van der Waals surface area (Å²) in [5.74, 6) is -1.37. The number of nitrogens with one attached hydrogen (secondary N) is 2. The number of rotatable bonds is 6. The number of nitrogens with zero attached hydrogens (tertiary/aromatic N) is 1. The number of amides is 2. The van der Waals surface area contributed by atoms with Crippen molar-refractivity contribution in [2.45, 2.75) is 6.42 Å². The average Bonchev–Trinajstić information content (AvgIpc) is 3.24. The Morgan fingerprint density at radius 1 is 1.06 bits per heavy atom. The van der Waals surface area contributed by atoms with Crippen LogP contribution in [0.3, 0.4) is 0 Å². The zero-order valence-electron chi connectivity index (χ0n) is 18.1. The van der Waals surface area contributed by atoms with Crippen molar-refractivity contribution in [3.05, 3.63) is 64.4 Å². The number of carbonyl (C=O) groups is 2. The van der Waals surface area contributed by atoms with Crippen molar-refractivity contribution in [3.8, 4) is 16.9 Å². The lowest BCUT2D eigenvalue weighted by molar-refractivity contribution is 0.0880.